The molecule has 0 aliphatic heterocycles. The van der Waals surface area contributed by atoms with E-state index in [2.05, 4.69) is 26.3 Å². The molecular formula is C17H26N4OS. The Kier molecular flexibility index (Phi) is 5.57. The van der Waals surface area contributed by atoms with Crippen molar-refractivity contribution < 1.29 is 4.74 Å². The van der Waals surface area contributed by atoms with Gasteiger partial charge in [0, 0.05) is 30.3 Å². The molecule has 0 saturated heterocycles. The van der Waals surface area contributed by atoms with Crippen molar-refractivity contribution in [1.82, 2.24) is 8.87 Å². The maximum atomic E-state index is 8.13. The molecule has 0 bridgehead atoms. The van der Waals surface area contributed by atoms with Gasteiger partial charge in [0.1, 0.15) is 11.2 Å². The summed E-state index contributed by atoms with van der Waals surface area (Å²) in [6, 6.07) is 1.65. The van der Waals surface area contributed by atoms with Crippen LogP contribution in [-0.2, 0) is 0 Å². The predicted octanol–water partition coefficient (Wildman–Crippen LogP) is 3.52. The van der Waals surface area contributed by atoms with Gasteiger partial charge in [-0.25, -0.2) is 0 Å². The minimum absolute atomic E-state index is 0.104. The minimum Gasteiger partial charge on any atom is -0.492 e. The van der Waals surface area contributed by atoms with E-state index in [0.29, 0.717) is 12.4 Å². The third-order valence-electron chi connectivity index (χ3n) is 4.47. The van der Waals surface area contributed by atoms with Gasteiger partial charge in [-0.2, -0.15) is 0 Å². The average molecular weight is 334 g/mol. The van der Waals surface area contributed by atoms with Crippen molar-refractivity contribution in [1.29, 1.82) is 10.8 Å². The standard InChI is InChI=1S/C17H26N4OS/c1-4-13-11-21(16(19)20(3)23)15(18)10-14(13)22-12-17(2)8-6-5-7-9-17/h4,10-11,18-19,23H,1,5-9,12H2,2-3H3. The molecule has 126 valence electrons. The van der Waals surface area contributed by atoms with Gasteiger partial charge in [-0.05, 0) is 12.8 Å². The number of pyridine rings is 1. The zero-order valence-corrected chi connectivity index (χ0v) is 14.8. The van der Waals surface area contributed by atoms with Gasteiger partial charge in [0.15, 0.2) is 0 Å². The van der Waals surface area contributed by atoms with Crippen LogP contribution < -0.4 is 10.2 Å². The molecule has 0 radical (unpaired) electrons. The van der Waals surface area contributed by atoms with Gasteiger partial charge in [-0.3, -0.25) is 19.7 Å². The van der Waals surface area contributed by atoms with E-state index in [1.165, 1.54) is 41.0 Å². The zero-order chi connectivity index (χ0) is 17.0. The smallest absolute Gasteiger partial charge is 0.213 e. The number of aromatic nitrogens is 1. The fraction of sp³-hybridized carbons (Fsp3) is 0.529. The summed E-state index contributed by atoms with van der Waals surface area (Å²) in [5, 5.41) is 16.1. The first kappa shape index (κ1) is 17.7. The monoisotopic (exact) mass is 334 g/mol. The van der Waals surface area contributed by atoms with Crippen molar-refractivity contribution in [3.05, 3.63) is 29.9 Å². The zero-order valence-electron chi connectivity index (χ0n) is 13.9. The third-order valence-corrected chi connectivity index (χ3v) is 4.66. The van der Waals surface area contributed by atoms with E-state index in [9.17, 15) is 0 Å². The lowest BCUT2D eigenvalue weighted by Gasteiger charge is -2.33. The van der Waals surface area contributed by atoms with Gasteiger partial charge in [-0.15, -0.1) is 0 Å². The van der Waals surface area contributed by atoms with Crippen LogP contribution in [0.2, 0.25) is 0 Å². The second-order valence-corrected chi connectivity index (χ2v) is 7.16. The van der Waals surface area contributed by atoms with Gasteiger partial charge in [0.25, 0.3) is 0 Å². The Morgan fingerprint density at radius 2 is 2.13 bits per heavy atom. The normalized spacial score (nSPS) is 16.7. The highest BCUT2D eigenvalue weighted by Crippen LogP contribution is 2.36. The fourth-order valence-corrected chi connectivity index (χ4v) is 3.06. The molecular weight excluding hydrogens is 308 g/mol. The largest absolute Gasteiger partial charge is 0.492 e. The molecule has 1 fully saturated rings. The second kappa shape index (κ2) is 7.25. The van der Waals surface area contributed by atoms with Crippen molar-refractivity contribution in [2.24, 2.45) is 5.41 Å². The lowest BCUT2D eigenvalue weighted by atomic mass is 9.76. The van der Waals surface area contributed by atoms with E-state index in [-0.39, 0.29) is 16.9 Å². The molecule has 1 aliphatic rings. The summed E-state index contributed by atoms with van der Waals surface area (Å²) in [4.78, 5) is 0. The number of nitrogens with one attached hydrogen (secondary N) is 2. The van der Waals surface area contributed by atoms with Crippen LogP contribution in [-0.4, -0.2) is 28.5 Å². The SMILES string of the molecule is C=Cc1cn(C(=N)N(C)S)c(=N)cc1OCC1(C)CCCCC1. The molecule has 1 aromatic rings. The summed E-state index contributed by atoms with van der Waals surface area (Å²) in [6.45, 7) is 6.75. The molecule has 6 heteroatoms. The number of hydrogen-bond donors (Lipinski definition) is 3. The number of thiol groups is 1. The van der Waals surface area contributed by atoms with E-state index in [1.54, 1.807) is 25.4 Å². The molecule has 1 heterocycles. The maximum absolute atomic E-state index is 8.13. The molecule has 1 saturated carbocycles. The fourth-order valence-electron chi connectivity index (χ4n) is 2.96. The first-order valence-electron chi connectivity index (χ1n) is 7.94. The summed E-state index contributed by atoms with van der Waals surface area (Å²) < 4.78 is 8.84. The molecule has 2 N–H and O–H groups in total. The maximum Gasteiger partial charge on any atom is 0.213 e. The van der Waals surface area contributed by atoms with Crippen LogP contribution in [0.3, 0.4) is 0 Å². The highest BCUT2D eigenvalue weighted by molar-refractivity contribution is 7.78. The van der Waals surface area contributed by atoms with Crippen molar-refractivity contribution in [3.63, 3.8) is 0 Å². The Hall–Kier alpha value is -1.69. The number of nitrogens with zero attached hydrogens (tertiary/aromatic N) is 2. The van der Waals surface area contributed by atoms with Gasteiger partial charge >= 0.3 is 0 Å². The molecule has 1 aromatic heterocycles. The summed E-state index contributed by atoms with van der Waals surface area (Å²) >= 11 is 4.11. The van der Waals surface area contributed by atoms with Crippen LogP contribution in [0.1, 0.15) is 44.6 Å². The Balaban J connectivity index is 2.22. The van der Waals surface area contributed by atoms with Crippen molar-refractivity contribution in [2.45, 2.75) is 39.0 Å². The molecule has 0 amide bonds. The number of hydrogen-bond acceptors (Lipinski definition) is 4. The second-order valence-electron chi connectivity index (χ2n) is 6.56. The summed E-state index contributed by atoms with van der Waals surface area (Å²) in [6.07, 6.45) is 9.60. The Bertz CT molecular complexity index is 644. The highest BCUT2D eigenvalue weighted by atomic mass is 32.1. The molecule has 1 aliphatic carbocycles. The van der Waals surface area contributed by atoms with E-state index >= 15 is 0 Å². The molecule has 2 rings (SSSR count). The predicted molar refractivity (Wildman–Crippen MR) is 96.9 cm³/mol. The lowest BCUT2D eigenvalue weighted by Crippen LogP contribution is -2.34. The van der Waals surface area contributed by atoms with E-state index < -0.39 is 0 Å². The van der Waals surface area contributed by atoms with Crippen LogP contribution in [0.15, 0.2) is 18.8 Å². The number of rotatable bonds is 4. The van der Waals surface area contributed by atoms with Gasteiger partial charge in [-0.1, -0.05) is 51.7 Å². The summed E-state index contributed by atoms with van der Waals surface area (Å²) in [5.41, 5.74) is 1.17. The van der Waals surface area contributed by atoms with Gasteiger partial charge in [0.05, 0.1) is 6.61 Å². The topological polar surface area (TPSA) is 65.1 Å². The first-order chi connectivity index (χ1) is 10.9. The minimum atomic E-state index is 0.104. The van der Waals surface area contributed by atoms with Crippen molar-refractivity contribution >= 4 is 24.9 Å². The summed E-state index contributed by atoms with van der Waals surface area (Å²) in [5.74, 6) is 0.759. The van der Waals surface area contributed by atoms with Crippen LogP contribution in [0, 0.1) is 16.2 Å². The summed E-state index contributed by atoms with van der Waals surface area (Å²) in [7, 11) is 1.65. The Morgan fingerprint density at radius 3 is 2.70 bits per heavy atom. The van der Waals surface area contributed by atoms with Crippen LogP contribution in [0.25, 0.3) is 6.08 Å². The molecule has 23 heavy (non-hydrogen) atoms. The Morgan fingerprint density at radius 1 is 1.48 bits per heavy atom. The van der Waals surface area contributed by atoms with Crippen molar-refractivity contribution in [3.8, 4) is 5.75 Å². The molecule has 0 atom stereocenters. The first-order valence-corrected chi connectivity index (χ1v) is 8.34. The van der Waals surface area contributed by atoms with E-state index in [4.69, 9.17) is 15.6 Å². The number of ether oxygens (including phenoxy) is 1. The van der Waals surface area contributed by atoms with E-state index in [1.807, 2.05) is 0 Å². The van der Waals surface area contributed by atoms with Crippen LogP contribution >= 0.6 is 12.8 Å². The van der Waals surface area contributed by atoms with E-state index in [0.717, 1.165) is 5.56 Å². The van der Waals surface area contributed by atoms with Crippen LogP contribution in [0.5, 0.6) is 5.75 Å². The van der Waals surface area contributed by atoms with Crippen LogP contribution in [0.4, 0.5) is 0 Å². The molecule has 0 spiro atoms. The van der Waals surface area contributed by atoms with Crippen molar-refractivity contribution in [2.75, 3.05) is 13.7 Å². The Labute approximate surface area is 143 Å². The molecule has 0 unspecified atom stereocenters. The quantitative estimate of drug-likeness (QED) is 0.448. The molecule has 5 nitrogen and oxygen atoms in total. The van der Waals surface area contributed by atoms with Gasteiger partial charge in [0.2, 0.25) is 5.96 Å². The third kappa shape index (κ3) is 4.19. The van der Waals surface area contributed by atoms with Gasteiger partial charge < -0.3 is 4.74 Å². The highest BCUT2D eigenvalue weighted by Gasteiger charge is 2.27. The lowest BCUT2D eigenvalue weighted by molar-refractivity contribution is 0.115. The molecule has 0 aromatic carbocycles. The average Bonchev–Trinajstić information content (AvgIpc) is 2.53.